The molecule has 27 nitrogen and oxygen atoms in total. The lowest BCUT2D eigenvalue weighted by Gasteiger charge is -2.26. The van der Waals surface area contributed by atoms with Crippen LogP contribution in [0.1, 0.15) is 195 Å². The van der Waals surface area contributed by atoms with Crippen LogP contribution in [0.3, 0.4) is 0 Å². The molecule has 0 bridgehead atoms. The highest BCUT2D eigenvalue weighted by atomic mass is 16.6. The number of carbonyl (C=O) groups excluding carboxylic acids is 15. The minimum atomic E-state index is -1.51. The van der Waals surface area contributed by atoms with Crippen LogP contribution in [-0.4, -0.2) is 138 Å². The van der Waals surface area contributed by atoms with Gasteiger partial charge in [0.25, 0.3) is 0 Å². The van der Waals surface area contributed by atoms with Gasteiger partial charge in [0.2, 0.25) is 11.8 Å². The van der Waals surface area contributed by atoms with Crippen LogP contribution in [0, 0.1) is 41.4 Å². The Morgan fingerprint density at radius 2 is 0.577 bits per heavy atom. The maximum atomic E-state index is 15.7. The number of carboxylic acids is 1. The number of methoxy groups -OCH3 is 1. The summed E-state index contributed by atoms with van der Waals surface area (Å²) >= 11 is 0. The third kappa shape index (κ3) is 41.5. The Balaban J connectivity index is 1.40. The third-order valence-corrected chi connectivity index (χ3v) is 20.6. The normalized spacial score (nSPS) is 13.0. The number of hydrogen-bond donors (Lipinski definition) is 3. The lowest BCUT2D eigenvalue weighted by atomic mass is 9.78. The van der Waals surface area contributed by atoms with E-state index in [1.54, 1.807) is 196 Å². The average molecular weight is 1700 g/mol. The maximum absolute atomic E-state index is 15.7. The molecule has 8 atom stereocenters. The van der Waals surface area contributed by atoms with Gasteiger partial charge in [-0.1, -0.05) is 196 Å². The van der Waals surface area contributed by atoms with Crippen LogP contribution < -0.4 is 10.6 Å². The molecule has 660 valence electrons. The molecule has 0 aliphatic rings. The molecule has 27 heteroatoms. The molecular formula is C96H116N2O25. The SMILES string of the molecule is COCCOCCCC(=O)[C@@H](CCC(=O)OCc1ccccc1)NC(=O)[C@H](CCC(=O)OCc1ccccc1)CC(=O)[C@H](CCC(=O)OCc1ccccc1)CC(=O)[C@H](CCC(=O)OCc1ccccc1)CC(=O)[C@H](CCC(=O)OCc1ccccc1)CC(=O)[C@H](CCC(=O)OCc1ccccc1)CC(=O)[C@@H](CC(C)C)NC(=O)[C@@H](CC(C)=O)CC(=O)O. The van der Waals surface area contributed by atoms with Gasteiger partial charge in [0.05, 0.1) is 37.6 Å². The molecule has 0 aliphatic carbocycles. The lowest BCUT2D eigenvalue weighted by molar-refractivity contribution is -0.147. The van der Waals surface area contributed by atoms with Crippen LogP contribution in [0.25, 0.3) is 0 Å². The van der Waals surface area contributed by atoms with Gasteiger partial charge in [-0.3, -0.25) is 71.9 Å². The van der Waals surface area contributed by atoms with Gasteiger partial charge in [0.1, 0.15) is 68.6 Å². The van der Waals surface area contributed by atoms with Crippen molar-refractivity contribution in [3.63, 3.8) is 0 Å². The second-order valence-corrected chi connectivity index (χ2v) is 31.1. The van der Waals surface area contributed by atoms with Crippen LogP contribution in [0.2, 0.25) is 0 Å². The minimum absolute atomic E-state index is 0.0220. The summed E-state index contributed by atoms with van der Waals surface area (Å²) < 4.78 is 44.3. The molecule has 0 unspecified atom stereocenters. The molecule has 0 spiro atoms. The highest BCUT2D eigenvalue weighted by Gasteiger charge is 2.38. The zero-order valence-electron chi connectivity index (χ0n) is 70.7. The highest BCUT2D eigenvalue weighted by Crippen LogP contribution is 2.31. The van der Waals surface area contributed by atoms with Crippen molar-refractivity contribution in [1.29, 1.82) is 0 Å². The number of carbonyl (C=O) groups is 16. The summed E-state index contributed by atoms with van der Waals surface area (Å²) in [5.41, 5.74) is 3.83. The summed E-state index contributed by atoms with van der Waals surface area (Å²) in [7, 11) is 1.50. The van der Waals surface area contributed by atoms with Gasteiger partial charge in [0, 0.05) is 127 Å². The van der Waals surface area contributed by atoms with Gasteiger partial charge in [-0.25, -0.2) is 0 Å². The van der Waals surface area contributed by atoms with Crippen molar-refractivity contribution < 1.29 is 120 Å². The first-order valence-corrected chi connectivity index (χ1v) is 41.9. The number of rotatable bonds is 63. The van der Waals surface area contributed by atoms with E-state index < -0.39 is 238 Å². The molecule has 2 amide bonds. The van der Waals surface area contributed by atoms with Crippen molar-refractivity contribution in [2.75, 3.05) is 26.9 Å². The van der Waals surface area contributed by atoms with Gasteiger partial charge < -0.3 is 58.4 Å². The summed E-state index contributed by atoms with van der Waals surface area (Å²) in [5, 5.41) is 15.1. The number of hydrogen-bond acceptors (Lipinski definition) is 24. The van der Waals surface area contributed by atoms with Crippen LogP contribution in [-0.2, 0) is 154 Å². The predicted molar refractivity (Wildman–Crippen MR) is 450 cm³/mol. The first-order valence-electron chi connectivity index (χ1n) is 41.9. The second kappa shape index (κ2) is 56.7. The Labute approximate surface area is 718 Å². The first kappa shape index (κ1) is 100.0. The van der Waals surface area contributed by atoms with Gasteiger partial charge in [-0.05, 0) is 97.6 Å². The van der Waals surface area contributed by atoms with Crippen LogP contribution in [0.5, 0.6) is 0 Å². The molecule has 0 saturated heterocycles. The Bertz CT molecular complexity index is 4340. The molecule has 3 N–H and O–H groups in total. The number of nitrogens with one attached hydrogen (secondary N) is 2. The number of ether oxygens (including phenoxy) is 8. The van der Waals surface area contributed by atoms with E-state index in [1.165, 1.54) is 14.0 Å². The average Bonchev–Trinajstić information content (AvgIpc) is 0.849. The van der Waals surface area contributed by atoms with Crippen LogP contribution >= 0.6 is 0 Å². The van der Waals surface area contributed by atoms with Gasteiger partial charge in [0.15, 0.2) is 11.6 Å². The minimum Gasteiger partial charge on any atom is -0.481 e. The third-order valence-electron chi connectivity index (χ3n) is 20.6. The first-order chi connectivity index (χ1) is 59.2. The molecule has 6 aromatic carbocycles. The van der Waals surface area contributed by atoms with E-state index in [0.717, 1.165) is 0 Å². The molecule has 123 heavy (non-hydrogen) atoms. The summed E-state index contributed by atoms with van der Waals surface area (Å²) in [6, 6.07) is 49.5. The number of aliphatic carboxylic acids is 1. The molecule has 0 saturated carbocycles. The largest absolute Gasteiger partial charge is 0.481 e. The van der Waals surface area contributed by atoms with Gasteiger partial charge >= 0.3 is 41.8 Å². The van der Waals surface area contributed by atoms with Crippen LogP contribution in [0.4, 0.5) is 0 Å². The smallest absolute Gasteiger partial charge is 0.306 e. The van der Waals surface area contributed by atoms with Crippen molar-refractivity contribution in [3.8, 4) is 0 Å². The van der Waals surface area contributed by atoms with Crippen molar-refractivity contribution in [1.82, 2.24) is 10.6 Å². The molecule has 0 aliphatic heterocycles. The van der Waals surface area contributed by atoms with Crippen LogP contribution in [0.15, 0.2) is 182 Å². The Morgan fingerprint density at radius 3 is 0.870 bits per heavy atom. The molecule has 6 aromatic rings. The highest BCUT2D eigenvalue weighted by molar-refractivity contribution is 5.99. The second-order valence-electron chi connectivity index (χ2n) is 31.1. The van der Waals surface area contributed by atoms with E-state index >= 15 is 24.0 Å². The van der Waals surface area contributed by atoms with Crippen molar-refractivity contribution in [2.45, 2.75) is 214 Å². The molecule has 0 aromatic heterocycles. The van der Waals surface area contributed by atoms with Crippen molar-refractivity contribution >= 4 is 94.1 Å². The zero-order chi connectivity index (χ0) is 89.1. The van der Waals surface area contributed by atoms with E-state index in [-0.39, 0.29) is 110 Å². The Kier molecular flexibility index (Phi) is 46.1. The fraction of sp³-hybridized carbons (Fsp3) is 0.458. The summed E-state index contributed by atoms with van der Waals surface area (Å²) in [5.74, 6) is -21.8. The number of esters is 6. The molecule has 0 radical (unpaired) electrons. The number of ketones is 7. The topological polar surface area (TPSA) is 391 Å². The molecule has 0 heterocycles. The predicted octanol–water partition coefficient (Wildman–Crippen LogP) is 13.1. The van der Waals surface area contributed by atoms with E-state index in [1.807, 2.05) is 0 Å². The zero-order valence-corrected chi connectivity index (χ0v) is 70.7. The quantitative estimate of drug-likeness (QED) is 0.0181. The van der Waals surface area contributed by atoms with Crippen molar-refractivity contribution in [2.24, 2.45) is 41.4 Å². The fourth-order valence-corrected chi connectivity index (χ4v) is 13.7. The summed E-state index contributed by atoms with van der Waals surface area (Å²) in [6.07, 6.45) is -9.76. The number of carboxylic acid groups (broad SMARTS) is 1. The Morgan fingerprint density at radius 1 is 0.301 bits per heavy atom. The van der Waals surface area contributed by atoms with E-state index in [0.29, 0.717) is 33.4 Å². The van der Waals surface area contributed by atoms with Crippen molar-refractivity contribution in [3.05, 3.63) is 215 Å². The lowest BCUT2D eigenvalue weighted by Crippen LogP contribution is -2.46. The monoisotopic (exact) mass is 1700 g/mol. The number of benzene rings is 6. The Hall–Kier alpha value is -11.8. The molecule has 6 rings (SSSR count). The van der Waals surface area contributed by atoms with E-state index in [2.05, 4.69) is 10.6 Å². The molecular weight excluding hydrogens is 1580 g/mol. The summed E-state index contributed by atoms with van der Waals surface area (Å²) in [4.78, 5) is 227. The van der Waals surface area contributed by atoms with Gasteiger partial charge in [-0.15, -0.1) is 0 Å². The standard InChI is InChI=1S/C96H116N2O25/c1-66(2)52-81(98-96(115)79(53-67(3)99)59-88(106)107)87(105)57-77(40-46-92(111)121-63-71-30-17-8-18-31-71)85(103)55-75(38-44-90(109)119-61-69-26-13-6-14-27-69)83(101)54-74(37-43-89(108)118-60-68-24-11-5-12-25-68)84(102)56-76(39-45-91(110)120-62-70-28-15-7-16-29-70)86(104)58-78(41-47-93(112)122-64-72-32-19-9-20-33-72)95(114)97-80(82(100)36-23-49-117-51-50-116-4)42-48-94(113)123-65-73-34-21-10-22-35-73/h5-22,24-35,66,74-81H,23,36-65H2,1-4H3,(H,97,114)(H,98,115)(H,106,107)/t74-,75-,76-,77-,78-,79+,80-,81-/m1/s1. The fourth-order valence-electron chi connectivity index (χ4n) is 13.7. The maximum Gasteiger partial charge on any atom is 0.306 e. The number of amides is 2. The van der Waals surface area contributed by atoms with E-state index in [9.17, 15) is 57.8 Å². The molecule has 0 fully saturated rings. The van der Waals surface area contributed by atoms with Gasteiger partial charge in [-0.2, -0.15) is 0 Å². The summed E-state index contributed by atoms with van der Waals surface area (Å²) in [6.45, 7) is 4.38. The van der Waals surface area contributed by atoms with E-state index in [4.69, 9.17) is 37.9 Å². The number of Topliss-reactive ketones (excluding diaryl/α,β-unsaturated/α-hetero) is 7.